The van der Waals surface area contributed by atoms with Gasteiger partial charge in [-0.3, -0.25) is 9.59 Å². The van der Waals surface area contributed by atoms with Gasteiger partial charge < -0.3 is 14.0 Å². The minimum Gasteiger partial charge on any atom is -0.466 e. The topological polar surface area (TPSA) is 52.6 Å². The molecule has 0 saturated heterocycles. The molecule has 0 rings (SSSR count). The normalized spacial score (nSPS) is 13.2. The van der Waals surface area contributed by atoms with Gasteiger partial charge in [-0.05, 0) is 6.42 Å². The molecule has 20 heavy (non-hydrogen) atoms. The van der Waals surface area contributed by atoms with E-state index in [1.54, 1.807) is 13.8 Å². The van der Waals surface area contributed by atoms with E-state index in [9.17, 15) is 9.59 Å². The van der Waals surface area contributed by atoms with E-state index in [0.717, 1.165) is 12.8 Å². The van der Waals surface area contributed by atoms with Gasteiger partial charge in [0.2, 0.25) is 0 Å². The Kier molecular flexibility index (Phi) is 8.46. The summed E-state index contributed by atoms with van der Waals surface area (Å²) in [6.07, 6.45) is 1.53. The van der Waals surface area contributed by atoms with Crippen LogP contribution >= 0.6 is 0 Å². The van der Waals surface area contributed by atoms with Crippen molar-refractivity contribution < 1.29 is 23.5 Å². The fourth-order valence-electron chi connectivity index (χ4n) is 1.63. The lowest BCUT2D eigenvalue weighted by molar-refractivity contribution is -0.873. The van der Waals surface area contributed by atoms with Gasteiger partial charge in [0.1, 0.15) is 6.54 Å². The van der Waals surface area contributed by atoms with Crippen LogP contribution in [0.4, 0.5) is 0 Å². The molecular weight excluding hydrogens is 258 g/mol. The number of unbranched alkanes of at least 4 members (excludes halogenated alkanes) is 1. The van der Waals surface area contributed by atoms with Crippen molar-refractivity contribution in [3.8, 4) is 0 Å². The first-order chi connectivity index (χ1) is 9.15. The van der Waals surface area contributed by atoms with E-state index in [4.69, 9.17) is 9.47 Å². The fraction of sp³-hybridized carbons (Fsp3) is 0.867. The van der Waals surface area contributed by atoms with Gasteiger partial charge in [-0.2, -0.15) is 0 Å². The largest absolute Gasteiger partial charge is 0.466 e. The van der Waals surface area contributed by atoms with E-state index in [-0.39, 0.29) is 24.3 Å². The lowest BCUT2D eigenvalue weighted by atomic mass is 10.2. The van der Waals surface area contributed by atoms with E-state index in [2.05, 4.69) is 0 Å². The van der Waals surface area contributed by atoms with Crippen LogP contribution < -0.4 is 0 Å². The van der Waals surface area contributed by atoms with Crippen LogP contribution in [0.2, 0.25) is 0 Å². The predicted octanol–water partition coefficient (Wildman–Crippen LogP) is 1.99. The summed E-state index contributed by atoms with van der Waals surface area (Å²) >= 11 is 0. The van der Waals surface area contributed by atoms with Crippen molar-refractivity contribution >= 4 is 11.9 Å². The van der Waals surface area contributed by atoms with Gasteiger partial charge in [0, 0.05) is 0 Å². The summed E-state index contributed by atoms with van der Waals surface area (Å²) in [5, 5.41) is 0. The highest BCUT2D eigenvalue weighted by Gasteiger charge is 2.26. The minimum atomic E-state index is -0.431. The molecule has 5 nitrogen and oxygen atoms in total. The number of carbonyl (C=O) groups is 2. The quantitative estimate of drug-likeness (QED) is 0.370. The summed E-state index contributed by atoms with van der Waals surface area (Å²) < 4.78 is 11.2. The van der Waals surface area contributed by atoms with Gasteiger partial charge in [-0.1, -0.05) is 27.2 Å². The molecule has 0 aromatic rings. The molecule has 0 N–H and O–H groups in total. The fourth-order valence-corrected chi connectivity index (χ4v) is 1.63. The van der Waals surface area contributed by atoms with Gasteiger partial charge in [0.15, 0.2) is 6.10 Å². The van der Waals surface area contributed by atoms with Gasteiger partial charge >= 0.3 is 11.9 Å². The lowest BCUT2D eigenvalue weighted by Crippen LogP contribution is -2.44. The Hall–Kier alpha value is -1.10. The van der Waals surface area contributed by atoms with Crippen LogP contribution in [0.3, 0.4) is 0 Å². The Balaban J connectivity index is 4.45. The number of esters is 2. The van der Waals surface area contributed by atoms with E-state index in [1.165, 1.54) is 0 Å². The zero-order valence-electron chi connectivity index (χ0n) is 13.8. The summed E-state index contributed by atoms with van der Waals surface area (Å²) in [5.74, 6) is -0.764. The van der Waals surface area contributed by atoms with Crippen LogP contribution in [0.1, 0.15) is 40.0 Å². The molecule has 5 heteroatoms. The van der Waals surface area contributed by atoms with E-state index in [1.807, 2.05) is 28.1 Å². The van der Waals surface area contributed by atoms with Crippen LogP contribution in [-0.2, 0) is 19.1 Å². The number of ether oxygens (including phenoxy) is 2. The predicted molar refractivity (Wildman–Crippen MR) is 78.1 cm³/mol. The summed E-state index contributed by atoms with van der Waals surface area (Å²) in [5.41, 5.74) is 0. The molecule has 0 bridgehead atoms. The standard InChI is InChI=1S/C15H30NO4/c1-7-8-9-19-14(17)10-13(11-16(4,5)6)20-15(18)12(2)3/h12-13H,7-11H2,1-6H3/q+1. The maximum Gasteiger partial charge on any atom is 0.309 e. The molecule has 0 aliphatic carbocycles. The monoisotopic (exact) mass is 288 g/mol. The van der Waals surface area contributed by atoms with Crippen molar-refractivity contribution in [2.75, 3.05) is 34.3 Å². The molecule has 118 valence electrons. The minimum absolute atomic E-state index is 0.123. The number of likely N-dealkylation sites (N-methyl/N-ethyl adjacent to an activating group) is 1. The second-order valence-corrected chi connectivity index (χ2v) is 6.46. The maximum absolute atomic E-state index is 11.7. The van der Waals surface area contributed by atoms with Crippen LogP contribution in [0.25, 0.3) is 0 Å². The number of hydrogen-bond donors (Lipinski definition) is 0. The average Bonchev–Trinajstić information content (AvgIpc) is 2.26. The number of quaternary nitrogens is 1. The first-order valence-electron chi connectivity index (χ1n) is 7.32. The zero-order valence-corrected chi connectivity index (χ0v) is 13.8. The molecule has 0 radical (unpaired) electrons. The van der Waals surface area contributed by atoms with Crippen molar-refractivity contribution in [2.45, 2.75) is 46.1 Å². The Bertz CT molecular complexity index is 307. The third-order valence-corrected chi connectivity index (χ3v) is 2.66. The molecule has 0 aliphatic rings. The molecule has 0 aromatic carbocycles. The van der Waals surface area contributed by atoms with Gasteiger partial charge in [0.05, 0.1) is 40.1 Å². The van der Waals surface area contributed by atoms with Crippen molar-refractivity contribution in [3.63, 3.8) is 0 Å². The molecule has 0 amide bonds. The average molecular weight is 288 g/mol. The SMILES string of the molecule is CCCCOC(=O)CC(C[N+](C)(C)C)OC(=O)C(C)C. The summed E-state index contributed by atoms with van der Waals surface area (Å²) in [6.45, 7) is 6.62. The van der Waals surface area contributed by atoms with Crippen molar-refractivity contribution in [2.24, 2.45) is 5.92 Å². The molecular formula is C15H30NO4+. The number of rotatable bonds is 9. The molecule has 0 saturated carbocycles. The first-order valence-corrected chi connectivity index (χ1v) is 7.32. The summed E-state index contributed by atoms with van der Waals surface area (Å²) in [4.78, 5) is 23.4. The third-order valence-electron chi connectivity index (χ3n) is 2.66. The third kappa shape index (κ3) is 9.78. The van der Waals surface area contributed by atoms with E-state index >= 15 is 0 Å². The Morgan fingerprint density at radius 3 is 2.20 bits per heavy atom. The summed E-state index contributed by atoms with van der Waals surface area (Å²) in [7, 11) is 6.00. The summed E-state index contributed by atoms with van der Waals surface area (Å²) in [6, 6.07) is 0. The number of carbonyl (C=O) groups excluding carboxylic acids is 2. The van der Waals surface area contributed by atoms with Gasteiger partial charge in [-0.15, -0.1) is 0 Å². The Morgan fingerprint density at radius 2 is 1.75 bits per heavy atom. The second-order valence-electron chi connectivity index (χ2n) is 6.46. The Morgan fingerprint density at radius 1 is 1.15 bits per heavy atom. The Labute approximate surface area is 122 Å². The molecule has 0 aromatic heterocycles. The van der Waals surface area contributed by atoms with Crippen LogP contribution in [0.15, 0.2) is 0 Å². The lowest BCUT2D eigenvalue weighted by Gasteiger charge is -2.29. The highest BCUT2D eigenvalue weighted by Crippen LogP contribution is 2.09. The molecule has 0 heterocycles. The maximum atomic E-state index is 11.7. The molecule has 0 spiro atoms. The van der Waals surface area contributed by atoms with Crippen LogP contribution in [0, 0.1) is 5.92 Å². The van der Waals surface area contributed by atoms with Crippen LogP contribution in [0.5, 0.6) is 0 Å². The molecule has 0 fully saturated rings. The zero-order chi connectivity index (χ0) is 15.8. The van der Waals surface area contributed by atoms with E-state index < -0.39 is 6.10 Å². The molecule has 1 unspecified atom stereocenters. The smallest absolute Gasteiger partial charge is 0.309 e. The highest BCUT2D eigenvalue weighted by atomic mass is 16.6. The first kappa shape index (κ1) is 18.9. The second kappa shape index (κ2) is 8.95. The van der Waals surface area contributed by atoms with Crippen molar-refractivity contribution in [1.29, 1.82) is 0 Å². The van der Waals surface area contributed by atoms with Gasteiger partial charge in [0.25, 0.3) is 0 Å². The van der Waals surface area contributed by atoms with Gasteiger partial charge in [-0.25, -0.2) is 0 Å². The van der Waals surface area contributed by atoms with E-state index in [0.29, 0.717) is 17.6 Å². The van der Waals surface area contributed by atoms with Crippen molar-refractivity contribution in [3.05, 3.63) is 0 Å². The molecule has 0 aliphatic heterocycles. The molecule has 1 atom stereocenters. The highest BCUT2D eigenvalue weighted by molar-refractivity contribution is 5.73. The van der Waals surface area contributed by atoms with Crippen molar-refractivity contribution in [1.82, 2.24) is 0 Å². The number of nitrogens with zero attached hydrogens (tertiary/aromatic N) is 1. The number of hydrogen-bond acceptors (Lipinski definition) is 4. The van der Waals surface area contributed by atoms with Crippen LogP contribution in [-0.4, -0.2) is 56.8 Å².